The van der Waals surface area contributed by atoms with Gasteiger partial charge in [0.05, 0.1) is 0 Å². The summed E-state index contributed by atoms with van der Waals surface area (Å²) in [6, 6.07) is 10.1. The van der Waals surface area contributed by atoms with Crippen molar-refractivity contribution in [2.24, 2.45) is 0 Å². The molecule has 0 amide bonds. The van der Waals surface area contributed by atoms with Crippen molar-refractivity contribution in [2.75, 3.05) is 31.1 Å². The van der Waals surface area contributed by atoms with Crippen LogP contribution in [0.3, 0.4) is 0 Å². The van der Waals surface area contributed by atoms with Gasteiger partial charge in [-0.2, -0.15) is 0 Å². The lowest BCUT2D eigenvalue weighted by atomic mass is 10.1. The molecular formula is C13H14BrN3O. The van der Waals surface area contributed by atoms with Gasteiger partial charge in [0, 0.05) is 42.3 Å². The molecule has 0 saturated carbocycles. The third-order valence-electron chi connectivity index (χ3n) is 3.05. The van der Waals surface area contributed by atoms with Crippen molar-refractivity contribution in [1.29, 1.82) is 0 Å². The summed E-state index contributed by atoms with van der Waals surface area (Å²) >= 11 is 3.47. The Hall–Kier alpha value is -1.33. The SMILES string of the molecule is Brc1cccc(-c2cc(N3CCNCC3)on2)c1. The molecule has 4 nitrogen and oxygen atoms in total. The lowest BCUT2D eigenvalue weighted by molar-refractivity contribution is 0.409. The molecule has 0 bridgehead atoms. The third-order valence-corrected chi connectivity index (χ3v) is 3.54. The number of hydrogen-bond donors (Lipinski definition) is 1. The highest BCUT2D eigenvalue weighted by atomic mass is 79.9. The Labute approximate surface area is 114 Å². The lowest BCUT2D eigenvalue weighted by Crippen LogP contribution is -2.43. The second kappa shape index (κ2) is 5.12. The van der Waals surface area contributed by atoms with E-state index in [0.717, 1.165) is 47.8 Å². The number of benzene rings is 1. The van der Waals surface area contributed by atoms with E-state index in [1.165, 1.54) is 0 Å². The molecule has 0 radical (unpaired) electrons. The van der Waals surface area contributed by atoms with Crippen molar-refractivity contribution >= 4 is 21.8 Å². The van der Waals surface area contributed by atoms with Gasteiger partial charge in [0.25, 0.3) is 0 Å². The van der Waals surface area contributed by atoms with Gasteiger partial charge in [-0.15, -0.1) is 0 Å². The largest absolute Gasteiger partial charge is 0.338 e. The maximum Gasteiger partial charge on any atom is 0.227 e. The Kier molecular flexibility index (Phi) is 3.34. The number of rotatable bonds is 2. The van der Waals surface area contributed by atoms with Crippen LogP contribution < -0.4 is 10.2 Å². The molecule has 1 aliphatic heterocycles. The van der Waals surface area contributed by atoms with E-state index in [4.69, 9.17) is 4.52 Å². The number of aromatic nitrogens is 1. The normalized spacial score (nSPS) is 15.9. The van der Waals surface area contributed by atoms with E-state index in [1.807, 2.05) is 30.3 Å². The van der Waals surface area contributed by atoms with E-state index in [1.54, 1.807) is 0 Å². The fourth-order valence-corrected chi connectivity index (χ4v) is 2.48. The molecule has 1 aromatic heterocycles. The van der Waals surface area contributed by atoms with Crippen molar-refractivity contribution in [3.63, 3.8) is 0 Å². The Balaban J connectivity index is 1.84. The van der Waals surface area contributed by atoms with Crippen molar-refractivity contribution in [3.8, 4) is 11.3 Å². The molecule has 0 spiro atoms. The highest BCUT2D eigenvalue weighted by molar-refractivity contribution is 9.10. The molecule has 0 atom stereocenters. The number of anilines is 1. The predicted octanol–water partition coefficient (Wildman–Crippen LogP) is 2.51. The van der Waals surface area contributed by atoms with Gasteiger partial charge in [0.2, 0.25) is 5.88 Å². The first kappa shape index (κ1) is 11.7. The van der Waals surface area contributed by atoms with Crippen LogP contribution in [0, 0.1) is 0 Å². The minimum absolute atomic E-state index is 0.853. The molecule has 2 heterocycles. The molecule has 0 aliphatic carbocycles. The third kappa shape index (κ3) is 2.42. The zero-order valence-corrected chi connectivity index (χ0v) is 11.5. The van der Waals surface area contributed by atoms with Gasteiger partial charge in [0.15, 0.2) is 0 Å². The van der Waals surface area contributed by atoms with E-state index in [-0.39, 0.29) is 0 Å². The Morgan fingerprint density at radius 3 is 2.83 bits per heavy atom. The van der Waals surface area contributed by atoms with Crippen LogP contribution >= 0.6 is 15.9 Å². The van der Waals surface area contributed by atoms with Crippen LogP contribution in [0.25, 0.3) is 11.3 Å². The van der Waals surface area contributed by atoms with Gasteiger partial charge in [0.1, 0.15) is 5.69 Å². The number of nitrogens with zero attached hydrogens (tertiary/aromatic N) is 2. The Bertz CT molecular complexity index is 535. The highest BCUT2D eigenvalue weighted by Gasteiger charge is 2.15. The maximum absolute atomic E-state index is 5.43. The van der Waals surface area contributed by atoms with Crippen LogP contribution in [0.4, 0.5) is 5.88 Å². The van der Waals surface area contributed by atoms with Crippen LogP contribution in [0.5, 0.6) is 0 Å². The highest BCUT2D eigenvalue weighted by Crippen LogP contribution is 2.26. The molecule has 1 N–H and O–H groups in total. The molecule has 2 aromatic rings. The maximum atomic E-state index is 5.43. The van der Waals surface area contributed by atoms with E-state index < -0.39 is 0 Å². The first-order valence-corrected chi connectivity index (χ1v) is 6.80. The van der Waals surface area contributed by atoms with E-state index in [0.29, 0.717) is 0 Å². The summed E-state index contributed by atoms with van der Waals surface area (Å²) in [4.78, 5) is 2.21. The standard InChI is InChI=1S/C13H14BrN3O/c14-11-3-1-2-10(8-11)12-9-13(18-16-12)17-6-4-15-5-7-17/h1-3,8-9,15H,4-7H2. The second-order valence-electron chi connectivity index (χ2n) is 4.30. The van der Waals surface area contributed by atoms with Crippen LogP contribution in [0.15, 0.2) is 39.3 Å². The van der Waals surface area contributed by atoms with Gasteiger partial charge in [-0.25, -0.2) is 0 Å². The summed E-state index contributed by atoms with van der Waals surface area (Å²) in [5, 5.41) is 7.47. The van der Waals surface area contributed by atoms with Gasteiger partial charge in [-0.3, -0.25) is 0 Å². The molecule has 5 heteroatoms. The summed E-state index contributed by atoms with van der Waals surface area (Å²) in [6.45, 7) is 3.92. The van der Waals surface area contributed by atoms with Crippen molar-refractivity contribution in [1.82, 2.24) is 10.5 Å². The predicted molar refractivity (Wildman–Crippen MR) is 74.7 cm³/mol. The topological polar surface area (TPSA) is 41.3 Å². The quantitative estimate of drug-likeness (QED) is 0.925. The minimum Gasteiger partial charge on any atom is -0.338 e. The molecule has 3 rings (SSSR count). The minimum atomic E-state index is 0.853. The Morgan fingerprint density at radius 2 is 2.06 bits per heavy atom. The van der Waals surface area contributed by atoms with Gasteiger partial charge in [-0.1, -0.05) is 33.2 Å². The van der Waals surface area contributed by atoms with Gasteiger partial charge >= 0.3 is 0 Å². The molecule has 94 valence electrons. The molecule has 18 heavy (non-hydrogen) atoms. The van der Waals surface area contributed by atoms with Crippen LogP contribution in [0.1, 0.15) is 0 Å². The molecule has 1 fully saturated rings. The number of nitrogens with one attached hydrogen (secondary N) is 1. The first-order valence-electron chi connectivity index (χ1n) is 6.01. The molecular weight excluding hydrogens is 294 g/mol. The first-order chi connectivity index (χ1) is 8.83. The summed E-state index contributed by atoms with van der Waals surface area (Å²) in [6.07, 6.45) is 0. The van der Waals surface area contributed by atoms with E-state index in [9.17, 15) is 0 Å². The lowest BCUT2D eigenvalue weighted by Gasteiger charge is -2.25. The fourth-order valence-electron chi connectivity index (χ4n) is 2.08. The van der Waals surface area contributed by atoms with Crippen molar-refractivity contribution in [3.05, 3.63) is 34.8 Å². The molecule has 1 aliphatic rings. The summed E-state index contributed by atoms with van der Waals surface area (Å²) in [7, 11) is 0. The zero-order chi connectivity index (χ0) is 12.4. The van der Waals surface area contributed by atoms with Gasteiger partial charge in [-0.05, 0) is 12.1 Å². The van der Waals surface area contributed by atoms with E-state index in [2.05, 4.69) is 31.3 Å². The summed E-state index contributed by atoms with van der Waals surface area (Å²) in [5.74, 6) is 0.853. The summed E-state index contributed by atoms with van der Waals surface area (Å²) in [5.41, 5.74) is 1.94. The fraction of sp³-hybridized carbons (Fsp3) is 0.308. The second-order valence-corrected chi connectivity index (χ2v) is 5.21. The van der Waals surface area contributed by atoms with Crippen LogP contribution in [-0.4, -0.2) is 31.3 Å². The average Bonchev–Trinajstić information content (AvgIpc) is 2.89. The average molecular weight is 308 g/mol. The summed E-state index contributed by atoms with van der Waals surface area (Å²) < 4.78 is 6.48. The molecule has 0 unspecified atom stereocenters. The molecule has 1 aromatic carbocycles. The smallest absolute Gasteiger partial charge is 0.227 e. The van der Waals surface area contributed by atoms with Crippen LogP contribution in [0.2, 0.25) is 0 Å². The zero-order valence-electron chi connectivity index (χ0n) is 9.90. The van der Waals surface area contributed by atoms with Gasteiger partial charge < -0.3 is 14.7 Å². The number of piperazine rings is 1. The number of hydrogen-bond acceptors (Lipinski definition) is 4. The van der Waals surface area contributed by atoms with E-state index >= 15 is 0 Å². The number of halogens is 1. The monoisotopic (exact) mass is 307 g/mol. The molecule has 1 saturated heterocycles. The Morgan fingerprint density at radius 1 is 1.22 bits per heavy atom. The van der Waals surface area contributed by atoms with Crippen molar-refractivity contribution < 1.29 is 4.52 Å². The van der Waals surface area contributed by atoms with Crippen molar-refractivity contribution in [2.45, 2.75) is 0 Å². The van der Waals surface area contributed by atoms with Crippen LogP contribution in [-0.2, 0) is 0 Å².